The highest BCUT2D eigenvalue weighted by atomic mass is 35.5. The summed E-state index contributed by atoms with van der Waals surface area (Å²) in [7, 11) is 0. The topological polar surface area (TPSA) is 44.4 Å². The molecule has 1 saturated carbocycles. The average Bonchev–Trinajstić information content (AvgIpc) is 3.04. The van der Waals surface area contributed by atoms with Crippen molar-refractivity contribution in [1.82, 2.24) is 15.5 Å². The Morgan fingerprint density at radius 3 is 2.65 bits per heavy atom. The van der Waals surface area contributed by atoms with Gasteiger partial charge in [-0.15, -0.1) is 0 Å². The number of carbonyl (C=O) groups is 1. The third-order valence-corrected chi connectivity index (χ3v) is 5.58. The molecule has 1 aromatic rings. The summed E-state index contributed by atoms with van der Waals surface area (Å²) in [6.07, 6.45) is 4.86. The summed E-state index contributed by atoms with van der Waals surface area (Å²) in [5.41, 5.74) is 1.78. The van der Waals surface area contributed by atoms with Gasteiger partial charge in [-0.3, -0.25) is 9.69 Å². The van der Waals surface area contributed by atoms with Gasteiger partial charge < -0.3 is 10.6 Å². The number of amides is 1. The number of piperazine rings is 1. The minimum Gasteiger partial charge on any atom is -0.350 e. The molecule has 5 heteroatoms. The van der Waals surface area contributed by atoms with Crippen LogP contribution in [0.5, 0.6) is 0 Å². The molecule has 1 heterocycles. The number of aryl methyl sites for hydroxylation is 1. The van der Waals surface area contributed by atoms with Crippen LogP contribution in [0.3, 0.4) is 0 Å². The van der Waals surface area contributed by atoms with Crippen molar-refractivity contribution < 1.29 is 4.79 Å². The van der Waals surface area contributed by atoms with Crippen LogP contribution in [0.2, 0.25) is 5.02 Å². The molecule has 0 unspecified atom stereocenters. The van der Waals surface area contributed by atoms with Gasteiger partial charge in [-0.05, 0) is 37.5 Å². The molecule has 0 aromatic heterocycles. The summed E-state index contributed by atoms with van der Waals surface area (Å²) in [6.45, 7) is 6.92. The highest BCUT2D eigenvalue weighted by Crippen LogP contribution is 2.35. The van der Waals surface area contributed by atoms with Crippen LogP contribution in [-0.2, 0) is 0 Å². The Labute approximate surface area is 143 Å². The molecule has 1 amide bonds. The zero-order chi connectivity index (χ0) is 16.3. The van der Waals surface area contributed by atoms with Crippen molar-refractivity contribution in [2.45, 2.75) is 38.1 Å². The second-order valence-electron chi connectivity index (χ2n) is 6.83. The molecule has 23 heavy (non-hydrogen) atoms. The number of hydrogen-bond donors (Lipinski definition) is 2. The average molecular weight is 336 g/mol. The predicted octanol–water partition coefficient (Wildman–Crippen LogP) is 2.60. The van der Waals surface area contributed by atoms with E-state index in [2.05, 4.69) is 15.5 Å². The van der Waals surface area contributed by atoms with Gasteiger partial charge in [0.05, 0.1) is 10.6 Å². The summed E-state index contributed by atoms with van der Waals surface area (Å²) in [4.78, 5) is 15.1. The van der Waals surface area contributed by atoms with Crippen molar-refractivity contribution in [2.24, 2.45) is 0 Å². The highest BCUT2D eigenvalue weighted by molar-refractivity contribution is 6.33. The first-order chi connectivity index (χ1) is 11.1. The predicted molar refractivity (Wildman–Crippen MR) is 94.2 cm³/mol. The standard InChI is InChI=1S/C18H26ClN3O/c1-14-4-5-15(16(19)12-14)17(23)21-13-18(6-2-3-7-18)22-10-8-20-9-11-22/h4-5,12,20H,2-3,6-11,13H2,1H3,(H,21,23). The molecule has 0 spiro atoms. The lowest BCUT2D eigenvalue weighted by Gasteiger charge is -2.44. The van der Waals surface area contributed by atoms with Gasteiger partial charge in [0.25, 0.3) is 5.91 Å². The molecular weight excluding hydrogens is 310 g/mol. The van der Waals surface area contributed by atoms with Gasteiger partial charge >= 0.3 is 0 Å². The third kappa shape index (κ3) is 3.70. The molecule has 3 rings (SSSR count). The maximum absolute atomic E-state index is 12.5. The quantitative estimate of drug-likeness (QED) is 0.889. The van der Waals surface area contributed by atoms with Crippen molar-refractivity contribution >= 4 is 17.5 Å². The maximum Gasteiger partial charge on any atom is 0.252 e. The normalized spacial score (nSPS) is 21.3. The fourth-order valence-electron chi connectivity index (χ4n) is 3.92. The van der Waals surface area contributed by atoms with Crippen LogP contribution in [0.4, 0.5) is 0 Å². The molecule has 126 valence electrons. The van der Waals surface area contributed by atoms with Crippen molar-refractivity contribution in [3.8, 4) is 0 Å². The van der Waals surface area contributed by atoms with E-state index in [1.54, 1.807) is 0 Å². The lowest BCUT2D eigenvalue weighted by atomic mass is 9.93. The lowest BCUT2D eigenvalue weighted by Crippen LogP contribution is -2.59. The number of nitrogens with one attached hydrogen (secondary N) is 2. The van der Waals surface area contributed by atoms with Crippen molar-refractivity contribution in [3.63, 3.8) is 0 Å². The van der Waals surface area contributed by atoms with E-state index in [-0.39, 0.29) is 11.4 Å². The summed E-state index contributed by atoms with van der Waals surface area (Å²) < 4.78 is 0. The fraction of sp³-hybridized carbons (Fsp3) is 0.611. The Morgan fingerprint density at radius 2 is 2.00 bits per heavy atom. The van der Waals surface area contributed by atoms with Crippen LogP contribution >= 0.6 is 11.6 Å². The molecule has 1 saturated heterocycles. The summed E-state index contributed by atoms with van der Waals surface area (Å²) in [5, 5.41) is 7.10. The first kappa shape index (κ1) is 16.7. The monoisotopic (exact) mass is 335 g/mol. The third-order valence-electron chi connectivity index (χ3n) is 5.27. The Hall–Kier alpha value is -1.10. The second-order valence-corrected chi connectivity index (χ2v) is 7.24. The molecule has 1 aliphatic carbocycles. The number of halogens is 1. The lowest BCUT2D eigenvalue weighted by molar-refractivity contribution is 0.0692. The van der Waals surface area contributed by atoms with Crippen LogP contribution in [0.25, 0.3) is 0 Å². The van der Waals surface area contributed by atoms with Gasteiger partial charge in [0.2, 0.25) is 0 Å². The Morgan fingerprint density at radius 1 is 1.30 bits per heavy atom. The molecule has 0 atom stereocenters. The molecular formula is C18H26ClN3O. The maximum atomic E-state index is 12.5. The van der Waals surface area contributed by atoms with Crippen LogP contribution in [0.1, 0.15) is 41.6 Å². The summed E-state index contributed by atoms with van der Waals surface area (Å²) in [6, 6.07) is 5.60. The van der Waals surface area contributed by atoms with E-state index in [1.807, 2.05) is 25.1 Å². The van der Waals surface area contributed by atoms with Crippen molar-refractivity contribution in [1.29, 1.82) is 0 Å². The number of rotatable bonds is 4. The number of carbonyl (C=O) groups excluding carboxylic acids is 1. The van der Waals surface area contributed by atoms with Gasteiger partial charge in [-0.2, -0.15) is 0 Å². The Balaban J connectivity index is 1.68. The van der Waals surface area contributed by atoms with E-state index < -0.39 is 0 Å². The zero-order valence-electron chi connectivity index (χ0n) is 13.8. The van der Waals surface area contributed by atoms with E-state index in [4.69, 9.17) is 11.6 Å². The zero-order valence-corrected chi connectivity index (χ0v) is 14.6. The van der Waals surface area contributed by atoms with Crippen molar-refractivity contribution in [3.05, 3.63) is 34.3 Å². The van der Waals surface area contributed by atoms with Crippen LogP contribution in [0.15, 0.2) is 18.2 Å². The Bertz CT molecular complexity index is 563. The second kappa shape index (κ2) is 7.20. The minimum atomic E-state index is -0.0589. The van der Waals surface area contributed by atoms with E-state index in [1.165, 1.54) is 25.7 Å². The summed E-state index contributed by atoms with van der Waals surface area (Å²) in [5.74, 6) is -0.0589. The van der Waals surface area contributed by atoms with Gasteiger partial charge in [-0.25, -0.2) is 0 Å². The van der Waals surface area contributed by atoms with Gasteiger partial charge in [-0.1, -0.05) is 30.5 Å². The molecule has 2 fully saturated rings. The van der Waals surface area contributed by atoms with Gasteiger partial charge in [0.15, 0.2) is 0 Å². The van der Waals surface area contributed by atoms with E-state index >= 15 is 0 Å². The summed E-state index contributed by atoms with van der Waals surface area (Å²) >= 11 is 6.22. The van der Waals surface area contributed by atoms with E-state index in [0.29, 0.717) is 10.6 Å². The smallest absolute Gasteiger partial charge is 0.252 e. The van der Waals surface area contributed by atoms with Crippen LogP contribution in [0, 0.1) is 6.92 Å². The highest BCUT2D eigenvalue weighted by Gasteiger charge is 2.40. The molecule has 1 aromatic carbocycles. The first-order valence-electron chi connectivity index (χ1n) is 8.61. The van der Waals surface area contributed by atoms with Crippen LogP contribution in [-0.4, -0.2) is 49.1 Å². The molecule has 0 bridgehead atoms. The molecule has 2 aliphatic rings. The Kier molecular flexibility index (Phi) is 5.24. The van der Waals surface area contributed by atoms with Gasteiger partial charge in [0, 0.05) is 38.3 Å². The van der Waals surface area contributed by atoms with Crippen molar-refractivity contribution in [2.75, 3.05) is 32.7 Å². The van der Waals surface area contributed by atoms with Gasteiger partial charge in [0.1, 0.15) is 0 Å². The number of nitrogens with zero attached hydrogens (tertiary/aromatic N) is 1. The molecule has 4 nitrogen and oxygen atoms in total. The largest absolute Gasteiger partial charge is 0.350 e. The van der Waals surface area contributed by atoms with E-state index in [0.717, 1.165) is 38.3 Å². The van der Waals surface area contributed by atoms with E-state index in [9.17, 15) is 4.79 Å². The fourth-order valence-corrected chi connectivity index (χ4v) is 4.24. The number of benzene rings is 1. The minimum absolute atomic E-state index is 0.0589. The van der Waals surface area contributed by atoms with Crippen LogP contribution < -0.4 is 10.6 Å². The molecule has 2 N–H and O–H groups in total. The number of hydrogen-bond acceptors (Lipinski definition) is 3. The molecule has 0 radical (unpaired) electrons. The SMILES string of the molecule is Cc1ccc(C(=O)NCC2(N3CCNCC3)CCCC2)c(Cl)c1. The first-order valence-corrected chi connectivity index (χ1v) is 8.99. The molecule has 1 aliphatic heterocycles.